The quantitative estimate of drug-likeness (QED) is 0.641. The summed E-state index contributed by atoms with van der Waals surface area (Å²) in [6.07, 6.45) is 0. The summed E-state index contributed by atoms with van der Waals surface area (Å²) >= 11 is 1.75. The number of fused-ring (bicyclic) bond motifs is 1. The molecular formula is C14H9F3N2S2. The molecule has 3 aromatic rings. The second kappa shape index (κ2) is 5.95. The molecule has 0 aliphatic carbocycles. The molecule has 0 saturated carbocycles. The summed E-state index contributed by atoms with van der Waals surface area (Å²) in [5, 5.41) is 3.56. The first kappa shape index (κ1) is 14.2. The lowest BCUT2D eigenvalue weighted by Crippen LogP contribution is -1.93. The number of rotatable bonds is 4. The van der Waals surface area contributed by atoms with Crippen LogP contribution in [0.2, 0.25) is 0 Å². The average Bonchev–Trinajstić information content (AvgIpc) is 2.82. The van der Waals surface area contributed by atoms with Gasteiger partial charge in [0.15, 0.2) is 5.13 Å². The first-order valence-corrected chi connectivity index (χ1v) is 7.68. The molecule has 0 fully saturated rings. The van der Waals surface area contributed by atoms with Crippen molar-refractivity contribution in [3.63, 3.8) is 0 Å². The second-order valence-corrected chi connectivity index (χ2v) is 6.19. The number of thiazole rings is 1. The van der Waals surface area contributed by atoms with E-state index in [0.717, 1.165) is 0 Å². The lowest BCUT2D eigenvalue weighted by molar-refractivity contribution is 0.252. The molecule has 0 radical (unpaired) electrons. The molecule has 0 aliphatic heterocycles. The van der Waals surface area contributed by atoms with E-state index in [1.165, 1.54) is 23.5 Å². The van der Waals surface area contributed by atoms with Crippen molar-refractivity contribution in [2.24, 2.45) is 0 Å². The highest BCUT2D eigenvalue weighted by molar-refractivity contribution is 7.99. The summed E-state index contributed by atoms with van der Waals surface area (Å²) in [5.74, 6) is -2.82. The number of hydrogen-bond donors (Lipinski definition) is 1. The van der Waals surface area contributed by atoms with Gasteiger partial charge in [-0.05, 0) is 30.3 Å². The Hall–Kier alpha value is -1.73. The van der Waals surface area contributed by atoms with Crippen molar-refractivity contribution in [3.05, 3.63) is 48.3 Å². The predicted molar refractivity (Wildman–Crippen MR) is 81.2 cm³/mol. The largest absolute Gasteiger partial charge is 0.331 e. The maximum atomic E-state index is 13.2. The normalized spacial score (nSPS) is 11.2. The van der Waals surface area contributed by atoms with Crippen LogP contribution in [0, 0.1) is 5.82 Å². The van der Waals surface area contributed by atoms with Gasteiger partial charge in [0.25, 0.3) is 5.76 Å². The number of halogens is 3. The number of alkyl halides is 2. The lowest BCUT2D eigenvalue weighted by Gasteiger charge is -2.08. The Balaban J connectivity index is 1.91. The lowest BCUT2D eigenvalue weighted by atomic mass is 10.3. The summed E-state index contributed by atoms with van der Waals surface area (Å²) in [6.45, 7) is 0. The highest BCUT2D eigenvalue weighted by Crippen LogP contribution is 2.35. The minimum atomic E-state index is -2.49. The van der Waals surface area contributed by atoms with Gasteiger partial charge in [0.1, 0.15) is 5.82 Å². The fraction of sp³-hybridized carbons (Fsp3) is 0.0714. The Labute approximate surface area is 127 Å². The fourth-order valence-electron chi connectivity index (χ4n) is 1.84. The van der Waals surface area contributed by atoms with E-state index in [9.17, 15) is 13.2 Å². The Morgan fingerprint density at radius 3 is 2.76 bits per heavy atom. The number of nitrogens with zero attached hydrogens (tertiary/aromatic N) is 1. The third-order valence-electron chi connectivity index (χ3n) is 2.70. The van der Waals surface area contributed by atoms with Crippen LogP contribution in [0.4, 0.5) is 24.0 Å². The van der Waals surface area contributed by atoms with E-state index >= 15 is 0 Å². The molecule has 108 valence electrons. The Morgan fingerprint density at radius 2 is 1.95 bits per heavy atom. The molecule has 0 spiro atoms. The van der Waals surface area contributed by atoms with Gasteiger partial charge >= 0.3 is 0 Å². The molecule has 0 aliphatic rings. The van der Waals surface area contributed by atoms with Crippen molar-refractivity contribution in [2.45, 2.75) is 10.7 Å². The zero-order valence-electron chi connectivity index (χ0n) is 10.5. The summed E-state index contributed by atoms with van der Waals surface area (Å²) in [5.41, 5.74) is 1.23. The maximum Gasteiger partial charge on any atom is 0.288 e. The topological polar surface area (TPSA) is 24.9 Å². The van der Waals surface area contributed by atoms with Gasteiger partial charge in [0.2, 0.25) is 0 Å². The van der Waals surface area contributed by atoms with Crippen molar-refractivity contribution < 1.29 is 13.2 Å². The van der Waals surface area contributed by atoms with E-state index in [1.807, 2.05) is 0 Å². The number of aromatic nitrogens is 1. The van der Waals surface area contributed by atoms with Gasteiger partial charge < -0.3 is 5.32 Å². The minimum Gasteiger partial charge on any atom is -0.331 e. The van der Waals surface area contributed by atoms with Crippen LogP contribution >= 0.6 is 23.1 Å². The van der Waals surface area contributed by atoms with Crippen molar-refractivity contribution >= 4 is 44.1 Å². The number of nitrogens with one attached hydrogen (secondary N) is 1. The van der Waals surface area contributed by atoms with Crippen LogP contribution in [-0.2, 0) is 0 Å². The van der Waals surface area contributed by atoms with Gasteiger partial charge in [0, 0.05) is 4.90 Å². The number of thioether (sulfide) groups is 1. The van der Waals surface area contributed by atoms with Crippen LogP contribution in [0.3, 0.4) is 0 Å². The minimum absolute atomic E-state index is 0.327. The molecule has 1 heterocycles. The second-order valence-electron chi connectivity index (χ2n) is 4.13. The molecule has 1 aromatic heterocycles. The van der Waals surface area contributed by atoms with E-state index in [-0.39, 0.29) is 5.82 Å². The average molecular weight is 326 g/mol. The molecule has 0 unspecified atom stereocenters. The van der Waals surface area contributed by atoms with Gasteiger partial charge in [-0.15, -0.1) is 0 Å². The standard InChI is InChI=1S/C14H9F3N2S2/c15-8-5-6-10-12(7-8)21-14(19-10)18-9-3-1-2-4-11(9)20-13(16)17/h1-7,13H,(H,18,19). The van der Waals surface area contributed by atoms with Crippen molar-refractivity contribution in [2.75, 3.05) is 5.32 Å². The monoisotopic (exact) mass is 326 g/mol. The summed E-state index contributed by atoms with van der Waals surface area (Å²) in [4.78, 5) is 4.76. The smallest absolute Gasteiger partial charge is 0.288 e. The molecular weight excluding hydrogens is 317 g/mol. The zero-order chi connectivity index (χ0) is 14.8. The van der Waals surface area contributed by atoms with Crippen LogP contribution in [0.15, 0.2) is 47.4 Å². The number of anilines is 2. The Morgan fingerprint density at radius 1 is 1.14 bits per heavy atom. The molecule has 21 heavy (non-hydrogen) atoms. The van der Waals surface area contributed by atoms with E-state index < -0.39 is 5.76 Å². The SMILES string of the molecule is Fc1ccc2nc(Nc3ccccc3SC(F)F)sc2c1. The predicted octanol–water partition coefficient (Wildman–Crippen LogP) is 5.49. The first-order chi connectivity index (χ1) is 10.1. The van der Waals surface area contributed by atoms with Crippen LogP contribution in [0.5, 0.6) is 0 Å². The molecule has 1 N–H and O–H groups in total. The molecule has 7 heteroatoms. The fourth-order valence-corrected chi connectivity index (χ4v) is 3.33. The molecule has 2 aromatic carbocycles. The third kappa shape index (κ3) is 3.30. The number of benzene rings is 2. The van der Waals surface area contributed by atoms with Gasteiger partial charge in [-0.25, -0.2) is 9.37 Å². The highest BCUT2D eigenvalue weighted by Gasteiger charge is 2.11. The Bertz CT molecular complexity index is 774. The molecule has 0 atom stereocenters. The number of hydrogen-bond acceptors (Lipinski definition) is 4. The third-order valence-corrected chi connectivity index (χ3v) is 4.42. The van der Waals surface area contributed by atoms with Gasteiger partial charge in [-0.2, -0.15) is 8.78 Å². The van der Waals surface area contributed by atoms with Gasteiger partial charge in [-0.3, -0.25) is 0 Å². The van der Waals surface area contributed by atoms with E-state index in [0.29, 0.717) is 37.7 Å². The van der Waals surface area contributed by atoms with Crippen LogP contribution in [0.25, 0.3) is 10.2 Å². The molecule has 0 bridgehead atoms. The molecule has 0 saturated heterocycles. The molecule has 2 nitrogen and oxygen atoms in total. The van der Waals surface area contributed by atoms with Crippen LogP contribution in [-0.4, -0.2) is 10.7 Å². The van der Waals surface area contributed by atoms with Crippen LogP contribution < -0.4 is 5.32 Å². The van der Waals surface area contributed by atoms with E-state index in [2.05, 4.69) is 10.3 Å². The zero-order valence-corrected chi connectivity index (χ0v) is 12.1. The van der Waals surface area contributed by atoms with Crippen molar-refractivity contribution in [1.82, 2.24) is 4.98 Å². The Kier molecular flexibility index (Phi) is 4.03. The highest BCUT2D eigenvalue weighted by atomic mass is 32.2. The van der Waals surface area contributed by atoms with Gasteiger partial charge in [0.05, 0.1) is 15.9 Å². The van der Waals surface area contributed by atoms with E-state index in [4.69, 9.17) is 0 Å². The van der Waals surface area contributed by atoms with E-state index in [1.54, 1.807) is 30.3 Å². The molecule has 3 rings (SSSR count). The summed E-state index contributed by atoms with van der Waals surface area (Å²) in [6, 6.07) is 11.1. The van der Waals surface area contributed by atoms with Crippen molar-refractivity contribution in [1.29, 1.82) is 0 Å². The summed E-state index contributed by atoms with van der Waals surface area (Å²) in [7, 11) is 0. The number of para-hydroxylation sites is 1. The molecule has 0 amide bonds. The van der Waals surface area contributed by atoms with Crippen LogP contribution in [0.1, 0.15) is 0 Å². The maximum absolute atomic E-state index is 13.2. The van der Waals surface area contributed by atoms with Gasteiger partial charge in [-0.1, -0.05) is 35.2 Å². The summed E-state index contributed by atoms with van der Waals surface area (Å²) < 4.78 is 38.9. The van der Waals surface area contributed by atoms with Crippen molar-refractivity contribution in [3.8, 4) is 0 Å². The first-order valence-electron chi connectivity index (χ1n) is 5.99.